The summed E-state index contributed by atoms with van der Waals surface area (Å²) >= 11 is 1.57. The highest BCUT2D eigenvalue weighted by atomic mass is 32.1. The predicted molar refractivity (Wildman–Crippen MR) is 112 cm³/mol. The van der Waals surface area contributed by atoms with Crippen LogP contribution in [0.1, 0.15) is 5.56 Å². The maximum Gasteiger partial charge on any atom is 0.319 e. The van der Waals surface area contributed by atoms with E-state index in [1.165, 1.54) is 0 Å². The van der Waals surface area contributed by atoms with Crippen LogP contribution in [0, 0.1) is 0 Å². The van der Waals surface area contributed by atoms with Gasteiger partial charge in [0.1, 0.15) is 5.01 Å². The minimum absolute atomic E-state index is 0.218. The molecule has 0 saturated carbocycles. The fourth-order valence-corrected chi connectivity index (χ4v) is 3.46. The van der Waals surface area contributed by atoms with Gasteiger partial charge in [-0.25, -0.2) is 14.5 Å². The van der Waals surface area contributed by atoms with E-state index in [1.807, 2.05) is 70.9 Å². The number of amides is 2. The summed E-state index contributed by atoms with van der Waals surface area (Å²) in [5.41, 5.74) is 3.90. The lowest BCUT2D eigenvalue weighted by atomic mass is 10.1. The molecular formula is C21H19N5OS. The topological polar surface area (TPSA) is 71.8 Å². The molecule has 4 aromatic rings. The molecule has 2 heterocycles. The van der Waals surface area contributed by atoms with Gasteiger partial charge in [-0.05, 0) is 42.3 Å². The third-order valence-corrected chi connectivity index (χ3v) is 5.03. The number of hydrogen-bond donors (Lipinski definition) is 2. The molecule has 140 valence electrons. The number of anilines is 1. The Balaban J connectivity index is 1.27. The fourth-order valence-electron chi connectivity index (χ4n) is 2.83. The average molecular weight is 389 g/mol. The van der Waals surface area contributed by atoms with Gasteiger partial charge in [0, 0.05) is 41.8 Å². The summed E-state index contributed by atoms with van der Waals surface area (Å²) in [6.07, 6.45) is 6.19. The second kappa shape index (κ2) is 8.49. The van der Waals surface area contributed by atoms with Gasteiger partial charge in [-0.15, -0.1) is 11.3 Å². The highest BCUT2D eigenvalue weighted by Crippen LogP contribution is 2.24. The molecule has 0 aliphatic heterocycles. The van der Waals surface area contributed by atoms with Gasteiger partial charge in [0.2, 0.25) is 0 Å². The van der Waals surface area contributed by atoms with Gasteiger partial charge >= 0.3 is 6.03 Å². The van der Waals surface area contributed by atoms with E-state index in [0.29, 0.717) is 6.54 Å². The molecule has 0 atom stereocenters. The molecule has 2 amide bonds. The summed E-state index contributed by atoms with van der Waals surface area (Å²) in [6.45, 7) is 0.555. The Labute approximate surface area is 166 Å². The lowest BCUT2D eigenvalue weighted by molar-refractivity contribution is 0.252. The zero-order chi connectivity index (χ0) is 19.2. The molecule has 0 spiro atoms. The van der Waals surface area contributed by atoms with Crippen LogP contribution in [0.15, 0.2) is 78.6 Å². The molecule has 2 aromatic heterocycles. The highest BCUT2D eigenvalue weighted by Gasteiger charge is 2.05. The highest BCUT2D eigenvalue weighted by molar-refractivity contribution is 7.13. The molecule has 0 unspecified atom stereocenters. The van der Waals surface area contributed by atoms with Crippen molar-refractivity contribution in [1.29, 1.82) is 0 Å². The lowest BCUT2D eigenvalue weighted by Crippen LogP contribution is -2.30. The minimum atomic E-state index is -0.218. The first-order valence-electron chi connectivity index (χ1n) is 8.92. The van der Waals surface area contributed by atoms with Crippen molar-refractivity contribution in [3.63, 3.8) is 0 Å². The van der Waals surface area contributed by atoms with Crippen LogP contribution >= 0.6 is 11.3 Å². The molecule has 2 N–H and O–H groups in total. The van der Waals surface area contributed by atoms with E-state index in [1.54, 1.807) is 23.7 Å². The molecule has 4 rings (SSSR count). The van der Waals surface area contributed by atoms with Crippen molar-refractivity contribution in [2.75, 3.05) is 11.9 Å². The van der Waals surface area contributed by atoms with Gasteiger partial charge in [-0.2, -0.15) is 5.10 Å². The Bertz CT molecular complexity index is 1030. The first-order chi connectivity index (χ1) is 13.8. The van der Waals surface area contributed by atoms with Gasteiger partial charge < -0.3 is 10.6 Å². The van der Waals surface area contributed by atoms with E-state index in [-0.39, 0.29) is 6.03 Å². The van der Waals surface area contributed by atoms with Crippen molar-refractivity contribution < 1.29 is 4.79 Å². The van der Waals surface area contributed by atoms with Gasteiger partial charge in [-0.3, -0.25) is 0 Å². The number of hydrogen-bond acceptors (Lipinski definition) is 4. The molecular weight excluding hydrogens is 370 g/mol. The molecule has 0 fully saturated rings. The summed E-state index contributed by atoms with van der Waals surface area (Å²) in [4.78, 5) is 16.5. The monoisotopic (exact) mass is 389 g/mol. The molecule has 0 aliphatic rings. The number of carbonyl (C=O) groups is 1. The Morgan fingerprint density at radius 3 is 2.71 bits per heavy atom. The number of thiazole rings is 1. The zero-order valence-electron chi connectivity index (χ0n) is 15.1. The van der Waals surface area contributed by atoms with Crippen molar-refractivity contribution in [3.8, 4) is 16.3 Å². The summed E-state index contributed by atoms with van der Waals surface area (Å²) in [5.74, 6) is 0. The number of rotatable bonds is 6. The maximum atomic E-state index is 12.2. The van der Waals surface area contributed by atoms with Crippen LogP contribution in [0.4, 0.5) is 10.5 Å². The number of nitrogens with zero attached hydrogens (tertiary/aromatic N) is 3. The Morgan fingerprint density at radius 2 is 1.96 bits per heavy atom. The van der Waals surface area contributed by atoms with Gasteiger partial charge in [0.25, 0.3) is 0 Å². The summed E-state index contributed by atoms with van der Waals surface area (Å²) < 4.78 is 1.81. The van der Waals surface area contributed by atoms with E-state index in [0.717, 1.165) is 33.9 Å². The molecule has 6 nitrogen and oxygen atoms in total. The van der Waals surface area contributed by atoms with E-state index < -0.39 is 0 Å². The molecule has 0 radical (unpaired) electrons. The molecule has 0 aliphatic carbocycles. The largest absolute Gasteiger partial charge is 0.338 e. The van der Waals surface area contributed by atoms with Crippen molar-refractivity contribution in [1.82, 2.24) is 20.1 Å². The quantitative estimate of drug-likeness (QED) is 0.515. The summed E-state index contributed by atoms with van der Waals surface area (Å²) in [6, 6.07) is 17.5. The number of nitrogens with one attached hydrogen (secondary N) is 2. The summed E-state index contributed by atoms with van der Waals surface area (Å²) in [7, 11) is 0. The third kappa shape index (κ3) is 4.44. The van der Waals surface area contributed by atoms with Crippen molar-refractivity contribution >= 4 is 23.1 Å². The van der Waals surface area contributed by atoms with Crippen LogP contribution in [-0.2, 0) is 6.42 Å². The number of aromatic nitrogens is 3. The SMILES string of the molecule is O=C(NCCc1ccc(-n2cccn2)cc1)Nc1cccc(-c2nccs2)c1. The summed E-state index contributed by atoms with van der Waals surface area (Å²) in [5, 5.41) is 12.8. The first kappa shape index (κ1) is 17.9. The normalized spacial score (nSPS) is 10.6. The Morgan fingerprint density at radius 1 is 1.07 bits per heavy atom. The van der Waals surface area contributed by atoms with Crippen molar-refractivity contribution in [3.05, 3.63) is 84.1 Å². The average Bonchev–Trinajstić information content (AvgIpc) is 3.43. The van der Waals surface area contributed by atoms with Crippen LogP contribution in [-0.4, -0.2) is 27.3 Å². The van der Waals surface area contributed by atoms with Crippen LogP contribution in [0.5, 0.6) is 0 Å². The smallest absolute Gasteiger partial charge is 0.319 e. The van der Waals surface area contributed by atoms with E-state index >= 15 is 0 Å². The van der Waals surface area contributed by atoms with Crippen LogP contribution < -0.4 is 10.6 Å². The standard InChI is InChI=1S/C21H19N5OS/c27-21(25-18-4-1-3-17(15-18)20-22-12-14-28-20)23-11-9-16-5-7-19(8-6-16)26-13-2-10-24-26/h1-8,10,12-15H,9,11H2,(H2,23,25,27). The minimum Gasteiger partial charge on any atom is -0.338 e. The second-order valence-corrected chi connectivity index (χ2v) is 7.06. The number of urea groups is 1. The first-order valence-corrected chi connectivity index (χ1v) is 9.80. The predicted octanol–water partition coefficient (Wildman–Crippen LogP) is 4.36. The Kier molecular flexibility index (Phi) is 5.44. The van der Waals surface area contributed by atoms with Crippen molar-refractivity contribution in [2.24, 2.45) is 0 Å². The van der Waals surface area contributed by atoms with E-state index in [2.05, 4.69) is 20.7 Å². The second-order valence-electron chi connectivity index (χ2n) is 6.17. The van der Waals surface area contributed by atoms with E-state index in [4.69, 9.17) is 0 Å². The molecule has 0 saturated heterocycles. The molecule has 7 heteroatoms. The van der Waals surface area contributed by atoms with E-state index in [9.17, 15) is 4.79 Å². The van der Waals surface area contributed by atoms with Crippen molar-refractivity contribution in [2.45, 2.75) is 6.42 Å². The van der Waals surface area contributed by atoms with Gasteiger partial charge in [-0.1, -0.05) is 24.3 Å². The molecule has 28 heavy (non-hydrogen) atoms. The maximum absolute atomic E-state index is 12.2. The van der Waals surface area contributed by atoms with Crippen LogP contribution in [0.25, 0.3) is 16.3 Å². The fraction of sp³-hybridized carbons (Fsp3) is 0.0952. The number of benzene rings is 2. The number of carbonyl (C=O) groups excluding carboxylic acids is 1. The zero-order valence-corrected chi connectivity index (χ0v) is 15.9. The van der Waals surface area contributed by atoms with Gasteiger partial charge in [0.15, 0.2) is 0 Å². The van der Waals surface area contributed by atoms with Gasteiger partial charge in [0.05, 0.1) is 5.69 Å². The lowest BCUT2D eigenvalue weighted by Gasteiger charge is -2.09. The van der Waals surface area contributed by atoms with Crippen LogP contribution in [0.2, 0.25) is 0 Å². The molecule has 2 aromatic carbocycles. The molecule has 0 bridgehead atoms. The van der Waals surface area contributed by atoms with Crippen LogP contribution in [0.3, 0.4) is 0 Å². The Hall–Kier alpha value is -3.45. The third-order valence-electron chi connectivity index (χ3n) is 4.20.